The summed E-state index contributed by atoms with van der Waals surface area (Å²) in [5, 5.41) is 14.4. The highest BCUT2D eigenvalue weighted by atomic mass is 16.6. The number of nitro benzene ring substituents is 1. The first-order valence-electron chi connectivity index (χ1n) is 7.54. The molecule has 0 bridgehead atoms. The number of anilines is 4. The van der Waals surface area contributed by atoms with Crippen molar-refractivity contribution >= 4 is 28.6 Å². The van der Waals surface area contributed by atoms with E-state index in [9.17, 15) is 10.1 Å². The van der Waals surface area contributed by atoms with E-state index in [2.05, 4.69) is 15.2 Å². The number of nitrogens with zero attached hydrogens (tertiary/aromatic N) is 3. The van der Waals surface area contributed by atoms with Gasteiger partial charge in [0.25, 0.3) is 5.69 Å². The highest BCUT2D eigenvalue weighted by molar-refractivity contribution is 5.81. The molecule has 0 radical (unpaired) electrons. The predicted octanol–water partition coefficient (Wildman–Crippen LogP) is 4.39. The number of hydrogen-bond acceptors (Lipinski definition) is 5. The summed E-state index contributed by atoms with van der Waals surface area (Å²) in [4.78, 5) is 17.3. The summed E-state index contributed by atoms with van der Waals surface area (Å²) in [6.07, 6.45) is 1.73. The number of nitrogens with one attached hydrogen (secondary N) is 1. The quantitative estimate of drug-likeness (QED) is 0.560. The number of pyridine rings is 1. The summed E-state index contributed by atoms with van der Waals surface area (Å²) in [5.41, 5.74) is 3.71. The molecular weight excluding hydrogens is 304 g/mol. The SMILES string of the molecule is O=[N+]([O-])c1ccc2c(c1)CN(c1ccccc1)c1cccnc1N2. The summed E-state index contributed by atoms with van der Waals surface area (Å²) in [5.74, 6) is 0.731. The average Bonchev–Trinajstić information content (AvgIpc) is 2.78. The van der Waals surface area contributed by atoms with Gasteiger partial charge in [-0.25, -0.2) is 4.98 Å². The maximum Gasteiger partial charge on any atom is 0.269 e. The molecule has 2 heterocycles. The number of hydrogen-bond donors (Lipinski definition) is 1. The fourth-order valence-corrected chi connectivity index (χ4v) is 2.88. The van der Waals surface area contributed by atoms with E-state index in [0.29, 0.717) is 6.54 Å². The van der Waals surface area contributed by atoms with E-state index < -0.39 is 0 Å². The van der Waals surface area contributed by atoms with Gasteiger partial charge in [0.05, 0.1) is 17.2 Å². The molecule has 6 nitrogen and oxygen atoms in total. The maximum atomic E-state index is 11.1. The summed E-state index contributed by atoms with van der Waals surface area (Å²) >= 11 is 0. The second-order valence-corrected chi connectivity index (χ2v) is 5.52. The van der Waals surface area contributed by atoms with E-state index in [1.807, 2.05) is 42.5 Å². The topological polar surface area (TPSA) is 71.3 Å². The maximum absolute atomic E-state index is 11.1. The lowest BCUT2D eigenvalue weighted by atomic mass is 10.1. The largest absolute Gasteiger partial charge is 0.338 e. The van der Waals surface area contributed by atoms with Crippen LogP contribution in [0.1, 0.15) is 5.56 Å². The molecule has 0 atom stereocenters. The van der Waals surface area contributed by atoms with Crippen LogP contribution in [0.15, 0.2) is 66.9 Å². The normalized spacial score (nSPS) is 12.6. The van der Waals surface area contributed by atoms with Crippen LogP contribution in [0.5, 0.6) is 0 Å². The van der Waals surface area contributed by atoms with Crippen LogP contribution in [0.3, 0.4) is 0 Å². The number of fused-ring (bicyclic) bond motifs is 2. The van der Waals surface area contributed by atoms with Crippen molar-refractivity contribution in [2.24, 2.45) is 0 Å². The van der Waals surface area contributed by atoms with E-state index in [4.69, 9.17) is 0 Å². The first-order chi connectivity index (χ1) is 11.7. The molecule has 4 rings (SSSR count). The fourth-order valence-electron chi connectivity index (χ4n) is 2.88. The van der Waals surface area contributed by atoms with Gasteiger partial charge in [0.1, 0.15) is 0 Å². The van der Waals surface area contributed by atoms with Crippen molar-refractivity contribution in [1.82, 2.24) is 4.98 Å². The zero-order valence-electron chi connectivity index (χ0n) is 12.7. The second kappa shape index (κ2) is 5.66. The zero-order valence-corrected chi connectivity index (χ0v) is 12.7. The van der Waals surface area contributed by atoms with Gasteiger partial charge in [0, 0.05) is 35.3 Å². The highest BCUT2D eigenvalue weighted by Gasteiger charge is 2.22. The van der Waals surface area contributed by atoms with Crippen molar-refractivity contribution in [1.29, 1.82) is 0 Å². The second-order valence-electron chi connectivity index (χ2n) is 5.52. The summed E-state index contributed by atoms with van der Waals surface area (Å²) in [7, 11) is 0. The molecule has 3 aromatic rings. The van der Waals surface area contributed by atoms with Gasteiger partial charge in [0.2, 0.25) is 0 Å². The van der Waals surface area contributed by atoms with Gasteiger partial charge in [-0.2, -0.15) is 0 Å². The van der Waals surface area contributed by atoms with Crippen LogP contribution >= 0.6 is 0 Å². The van der Waals surface area contributed by atoms with Crippen molar-refractivity contribution in [2.45, 2.75) is 6.54 Å². The molecule has 24 heavy (non-hydrogen) atoms. The molecule has 1 aromatic heterocycles. The molecule has 0 unspecified atom stereocenters. The van der Waals surface area contributed by atoms with Gasteiger partial charge < -0.3 is 10.2 Å². The van der Waals surface area contributed by atoms with Gasteiger partial charge in [0.15, 0.2) is 5.82 Å². The molecule has 1 aliphatic heterocycles. The smallest absolute Gasteiger partial charge is 0.269 e. The lowest BCUT2D eigenvalue weighted by Crippen LogP contribution is -2.15. The van der Waals surface area contributed by atoms with E-state index in [0.717, 1.165) is 28.4 Å². The molecule has 0 saturated carbocycles. The number of benzene rings is 2. The van der Waals surface area contributed by atoms with Gasteiger partial charge in [-0.3, -0.25) is 10.1 Å². The standard InChI is InChI=1S/C18H14N4O2/c23-22(24)15-8-9-16-13(11-15)12-21(14-5-2-1-3-6-14)17-7-4-10-19-18(17)20-16/h1-11H,12H2,(H,19,20). The Morgan fingerprint density at radius 3 is 2.71 bits per heavy atom. The molecule has 0 saturated heterocycles. The zero-order chi connectivity index (χ0) is 16.5. The predicted molar refractivity (Wildman–Crippen MR) is 92.9 cm³/mol. The summed E-state index contributed by atoms with van der Waals surface area (Å²) in [6.45, 7) is 0.521. The van der Waals surface area contributed by atoms with Crippen LogP contribution in [-0.2, 0) is 6.54 Å². The average molecular weight is 318 g/mol. The van der Waals surface area contributed by atoms with Crippen molar-refractivity contribution in [3.05, 3.63) is 82.5 Å². The van der Waals surface area contributed by atoms with Gasteiger partial charge >= 0.3 is 0 Å². The van der Waals surface area contributed by atoms with Crippen LogP contribution in [0.4, 0.5) is 28.6 Å². The molecule has 2 aromatic carbocycles. The molecule has 1 aliphatic rings. The number of aromatic nitrogens is 1. The van der Waals surface area contributed by atoms with E-state index >= 15 is 0 Å². The number of non-ortho nitro benzene ring substituents is 1. The first-order valence-corrected chi connectivity index (χ1v) is 7.54. The first kappa shape index (κ1) is 14.2. The Hall–Kier alpha value is -3.41. The minimum Gasteiger partial charge on any atom is -0.338 e. The Bertz CT molecular complexity index is 912. The van der Waals surface area contributed by atoms with E-state index in [1.54, 1.807) is 18.3 Å². The Labute approximate surface area is 138 Å². The summed E-state index contributed by atoms with van der Waals surface area (Å²) in [6, 6.07) is 18.7. The van der Waals surface area contributed by atoms with Crippen LogP contribution in [0, 0.1) is 10.1 Å². The highest BCUT2D eigenvalue weighted by Crippen LogP contribution is 2.39. The Balaban J connectivity index is 1.88. The summed E-state index contributed by atoms with van der Waals surface area (Å²) < 4.78 is 0. The molecule has 0 spiro atoms. The monoisotopic (exact) mass is 318 g/mol. The fraction of sp³-hybridized carbons (Fsp3) is 0.0556. The van der Waals surface area contributed by atoms with Gasteiger partial charge in [-0.05, 0) is 30.3 Å². The van der Waals surface area contributed by atoms with Crippen LogP contribution in [-0.4, -0.2) is 9.91 Å². The van der Waals surface area contributed by atoms with E-state index in [1.165, 1.54) is 6.07 Å². The number of rotatable bonds is 2. The van der Waals surface area contributed by atoms with Crippen molar-refractivity contribution in [3.8, 4) is 0 Å². The van der Waals surface area contributed by atoms with Crippen molar-refractivity contribution in [2.75, 3.05) is 10.2 Å². The molecule has 1 N–H and O–H groups in total. The van der Waals surface area contributed by atoms with Gasteiger partial charge in [-0.15, -0.1) is 0 Å². The molecular formula is C18H14N4O2. The Morgan fingerprint density at radius 1 is 1.08 bits per heavy atom. The van der Waals surface area contributed by atoms with Gasteiger partial charge in [-0.1, -0.05) is 18.2 Å². The number of para-hydroxylation sites is 1. The number of nitro groups is 1. The van der Waals surface area contributed by atoms with Crippen molar-refractivity contribution in [3.63, 3.8) is 0 Å². The molecule has 0 fully saturated rings. The molecule has 0 amide bonds. The lowest BCUT2D eigenvalue weighted by molar-refractivity contribution is -0.384. The molecule has 6 heteroatoms. The third-order valence-corrected chi connectivity index (χ3v) is 4.03. The lowest BCUT2D eigenvalue weighted by Gasteiger charge is -2.24. The van der Waals surface area contributed by atoms with Crippen LogP contribution in [0.25, 0.3) is 0 Å². The third kappa shape index (κ3) is 2.44. The molecule has 0 aliphatic carbocycles. The minimum absolute atomic E-state index is 0.0856. The third-order valence-electron chi connectivity index (χ3n) is 4.03. The Kier molecular flexibility index (Phi) is 3.35. The Morgan fingerprint density at radius 2 is 1.92 bits per heavy atom. The van der Waals surface area contributed by atoms with E-state index in [-0.39, 0.29) is 10.6 Å². The van der Waals surface area contributed by atoms with Crippen LogP contribution < -0.4 is 10.2 Å². The van der Waals surface area contributed by atoms with Crippen molar-refractivity contribution < 1.29 is 4.92 Å². The van der Waals surface area contributed by atoms with Crippen LogP contribution in [0.2, 0.25) is 0 Å². The molecule has 118 valence electrons. The minimum atomic E-state index is -0.372.